The largest absolute Gasteiger partial charge is 0.495 e. The smallest absolute Gasteiger partial charge is 0.319 e. The fraction of sp³-hybridized carbons (Fsp3) is 0.500. The van der Waals surface area contributed by atoms with E-state index >= 15 is 0 Å². The first-order valence-electron chi connectivity index (χ1n) is 6.29. The minimum atomic E-state index is -0.500. The highest BCUT2D eigenvalue weighted by molar-refractivity contribution is 5.91. The number of ether oxygens (including phenoxy) is 3. The molecule has 0 aliphatic heterocycles. The molecular weight excluding hydrogens is 260 g/mol. The third-order valence-electron chi connectivity index (χ3n) is 2.83. The van der Waals surface area contributed by atoms with E-state index in [0.717, 1.165) is 5.56 Å². The Labute approximate surface area is 119 Å². The lowest BCUT2D eigenvalue weighted by molar-refractivity contribution is -0.117. The Morgan fingerprint density at radius 3 is 2.40 bits per heavy atom. The van der Waals surface area contributed by atoms with Crippen LogP contribution in [0.5, 0.6) is 5.75 Å². The van der Waals surface area contributed by atoms with Gasteiger partial charge in [-0.3, -0.25) is 0 Å². The second-order valence-electron chi connectivity index (χ2n) is 4.43. The van der Waals surface area contributed by atoms with E-state index in [1.165, 1.54) is 14.2 Å². The fourth-order valence-corrected chi connectivity index (χ4v) is 1.86. The average Bonchev–Trinajstić information content (AvgIpc) is 2.40. The lowest BCUT2D eigenvalue weighted by Gasteiger charge is -2.22. The van der Waals surface area contributed by atoms with Crippen LogP contribution in [0.2, 0.25) is 0 Å². The molecule has 1 rings (SSSR count). The lowest BCUT2D eigenvalue weighted by Crippen LogP contribution is -2.44. The van der Waals surface area contributed by atoms with Gasteiger partial charge in [0.25, 0.3) is 0 Å². The number of methoxy groups -OCH3 is 3. The molecule has 20 heavy (non-hydrogen) atoms. The van der Waals surface area contributed by atoms with Gasteiger partial charge in [0.2, 0.25) is 0 Å². The zero-order valence-corrected chi connectivity index (χ0v) is 12.5. The molecule has 0 saturated heterocycles. The van der Waals surface area contributed by atoms with E-state index in [2.05, 4.69) is 10.6 Å². The van der Waals surface area contributed by atoms with Crippen molar-refractivity contribution in [2.75, 3.05) is 26.6 Å². The summed E-state index contributed by atoms with van der Waals surface area (Å²) in [6, 6.07) is 4.92. The number of amides is 2. The van der Waals surface area contributed by atoms with Gasteiger partial charge in [0.15, 0.2) is 6.29 Å². The summed E-state index contributed by atoms with van der Waals surface area (Å²) in [4.78, 5) is 11.9. The summed E-state index contributed by atoms with van der Waals surface area (Å²) in [7, 11) is 4.60. The summed E-state index contributed by atoms with van der Waals surface area (Å²) in [6.07, 6.45) is -0.500. The number of hydrogen-bond donors (Lipinski definition) is 2. The van der Waals surface area contributed by atoms with E-state index in [-0.39, 0.29) is 12.1 Å². The van der Waals surface area contributed by atoms with Crippen LogP contribution in [0.15, 0.2) is 18.2 Å². The highest BCUT2D eigenvalue weighted by atomic mass is 16.7. The van der Waals surface area contributed by atoms with Gasteiger partial charge in [-0.2, -0.15) is 0 Å². The molecule has 0 spiro atoms. The number of urea groups is 1. The summed E-state index contributed by atoms with van der Waals surface area (Å²) >= 11 is 0. The third kappa shape index (κ3) is 4.40. The van der Waals surface area contributed by atoms with Crippen LogP contribution in [0.25, 0.3) is 0 Å². The Bertz CT molecular complexity index is 447. The molecule has 0 radical (unpaired) electrons. The number of anilines is 1. The van der Waals surface area contributed by atoms with Crippen molar-refractivity contribution in [3.05, 3.63) is 23.8 Å². The Morgan fingerprint density at radius 1 is 1.20 bits per heavy atom. The molecule has 0 aliphatic rings. The first kappa shape index (κ1) is 16.3. The third-order valence-corrected chi connectivity index (χ3v) is 2.83. The topological polar surface area (TPSA) is 68.8 Å². The van der Waals surface area contributed by atoms with Crippen molar-refractivity contribution >= 4 is 11.7 Å². The molecule has 2 amide bonds. The molecule has 112 valence electrons. The molecule has 1 unspecified atom stereocenters. The number of carbonyl (C=O) groups excluding carboxylic acids is 1. The molecule has 0 saturated carbocycles. The van der Waals surface area contributed by atoms with Crippen LogP contribution in [0.3, 0.4) is 0 Å². The fourth-order valence-electron chi connectivity index (χ4n) is 1.86. The molecule has 0 heterocycles. The standard InChI is InChI=1S/C14H22N2O4/c1-9-6-7-12(18-3)11(8-9)16-14(17)15-10(2)13(19-4)20-5/h6-8,10,13H,1-5H3,(H2,15,16,17). The number of aryl methyl sites for hydroxylation is 1. The number of benzene rings is 1. The van der Waals surface area contributed by atoms with E-state index in [1.54, 1.807) is 14.0 Å². The van der Waals surface area contributed by atoms with Gasteiger partial charge in [0, 0.05) is 14.2 Å². The Morgan fingerprint density at radius 2 is 1.85 bits per heavy atom. The zero-order chi connectivity index (χ0) is 15.1. The molecular formula is C14H22N2O4. The zero-order valence-electron chi connectivity index (χ0n) is 12.5. The van der Waals surface area contributed by atoms with E-state index in [0.29, 0.717) is 11.4 Å². The van der Waals surface area contributed by atoms with Gasteiger partial charge in [0.1, 0.15) is 5.75 Å². The van der Waals surface area contributed by atoms with Crippen LogP contribution in [0.4, 0.5) is 10.5 Å². The quantitative estimate of drug-likeness (QED) is 0.784. The minimum absolute atomic E-state index is 0.291. The number of carbonyl (C=O) groups is 1. The maximum atomic E-state index is 11.9. The van der Waals surface area contributed by atoms with Crippen LogP contribution in [0.1, 0.15) is 12.5 Å². The second kappa shape index (κ2) is 7.72. The molecule has 0 fully saturated rings. The van der Waals surface area contributed by atoms with Crippen molar-refractivity contribution < 1.29 is 19.0 Å². The monoisotopic (exact) mass is 282 g/mol. The van der Waals surface area contributed by atoms with Crippen molar-refractivity contribution in [3.8, 4) is 5.75 Å². The lowest BCUT2D eigenvalue weighted by atomic mass is 10.2. The Balaban J connectivity index is 2.69. The van der Waals surface area contributed by atoms with Crippen molar-refractivity contribution in [2.45, 2.75) is 26.2 Å². The molecule has 0 aromatic heterocycles. The van der Waals surface area contributed by atoms with Crippen LogP contribution in [-0.4, -0.2) is 39.7 Å². The van der Waals surface area contributed by atoms with Crippen molar-refractivity contribution in [2.24, 2.45) is 0 Å². The number of hydrogen-bond acceptors (Lipinski definition) is 4. The molecule has 6 nitrogen and oxygen atoms in total. The molecule has 0 aliphatic carbocycles. The Hall–Kier alpha value is -1.79. The van der Waals surface area contributed by atoms with Crippen LogP contribution in [0, 0.1) is 6.92 Å². The maximum absolute atomic E-state index is 11.9. The van der Waals surface area contributed by atoms with Gasteiger partial charge in [-0.05, 0) is 31.5 Å². The van der Waals surface area contributed by atoms with Gasteiger partial charge in [-0.1, -0.05) is 6.07 Å². The summed E-state index contributed by atoms with van der Waals surface area (Å²) in [5.74, 6) is 0.605. The summed E-state index contributed by atoms with van der Waals surface area (Å²) < 4.78 is 15.4. The summed E-state index contributed by atoms with van der Waals surface area (Å²) in [5.41, 5.74) is 1.64. The Kier molecular flexibility index (Phi) is 6.27. The normalized spacial score (nSPS) is 12.1. The summed E-state index contributed by atoms with van der Waals surface area (Å²) in [6.45, 7) is 3.74. The molecule has 2 N–H and O–H groups in total. The molecule has 1 aromatic rings. The highest BCUT2D eigenvalue weighted by Crippen LogP contribution is 2.24. The van der Waals surface area contributed by atoms with Crippen molar-refractivity contribution in [3.63, 3.8) is 0 Å². The first-order chi connectivity index (χ1) is 9.51. The van der Waals surface area contributed by atoms with E-state index in [4.69, 9.17) is 14.2 Å². The predicted octanol–water partition coefficient (Wildman–Crippen LogP) is 2.13. The van der Waals surface area contributed by atoms with Crippen LogP contribution >= 0.6 is 0 Å². The molecule has 0 bridgehead atoms. The average molecular weight is 282 g/mol. The predicted molar refractivity (Wildman–Crippen MR) is 77.2 cm³/mol. The van der Waals surface area contributed by atoms with Gasteiger partial charge in [-0.25, -0.2) is 4.79 Å². The number of nitrogens with one attached hydrogen (secondary N) is 2. The highest BCUT2D eigenvalue weighted by Gasteiger charge is 2.18. The van der Waals surface area contributed by atoms with E-state index in [1.807, 2.05) is 25.1 Å². The first-order valence-corrected chi connectivity index (χ1v) is 6.29. The van der Waals surface area contributed by atoms with Gasteiger partial charge >= 0.3 is 6.03 Å². The molecule has 1 aromatic carbocycles. The van der Waals surface area contributed by atoms with Gasteiger partial charge in [0.05, 0.1) is 18.8 Å². The molecule has 1 atom stereocenters. The van der Waals surface area contributed by atoms with Crippen LogP contribution < -0.4 is 15.4 Å². The number of rotatable bonds is 6. The van der Waals surface area contributed by atoms with E-state index in [9.17, 15) is 4.79 Å². The SMILES string of the molecule is COc1ccc(C)cc1NC(=O)NC(C)C(OC)OC. The van der Waals surface area contributed by atoms with E-state index < -0.39 is 6.29 Å². The van der Waals surface area contributed by atoms with Crippen molar-refractivity contribution in [1.82, 2.24) is 5.32 Å². The van der Waals surface area contributed by atoms with Gasteiger partial charge in [-0.15, -0.1) is 0 Å². The minimum Gasteiger partial charge on any atom is -0.495 e. The maximum Gasteiger partial charge on any atom is 0.319 e. The molecule has 6 heteroatoms. The van der Waals surface area contributed by atoms with Gasteiger partial charge < -0.3 is 24.8 Å². The second-order valence-corrected chi connectivity index (χ2v) is 4.43. The van der Waals surface area contributed by atoms with Crippen LogP contribution in [-0.2, 0) is 9.47 Å². The summed E-state index contributed by atoms with van der Waals surface area (Å²) in [5, 5.41) is 5.50. The van der Waals surface area contributed by atoms with Crippen molar-refractivity contribution in [1.29, 1.82) is 0 Å².